The highest BCUT2D eigenvalue weighted by atomic mass is 16.5. The van der Waals surface area contributed by atoms with E-state index in [9.17, 15) is 5.11 Å². The second-order valence-corrected chi connectivity index (χ2v) is 5.13. The van der Waals surface area contributed by atoms with Crippen molar-refractivity contribution in [1.82, 2.24) is 0 Å². The zero-order chi connectivity index (χ0) is 13.2. The minimum atomic E-state index is 0.0261. The molecule has 0 spiro atoms. The molecular formula is C17H18O2. The molecule has 0 amide bonds. The van der Waals surface area contributed by atoms with Crippen LogP contribution in [0.5, 0.6) is 5.75 Å². The van der Waals surface area contributed by atoms with Gasteiger partial charge in [-0.2, -0.15) is 0 Å². The third-order valence-corrected chi connectivity index (χ3v) is 3.85. The van der Waals surface area contributed by atoms with Crippen LogP contribution in [0.3, 0.4) is 0 Å². The summed E-state index contributed by atoms with van der Waals surface area (Å²) in [5, 5.41) is 9.36. The lowest BCUT2D eigenvalue weighted by molar-refractivity contribution is 0.247. The monoisotopic (exact) mass is 254 g/mol. The van der Waals surface area contributed by atoms with Crippen molar-refractivity contribution in [3.63, 3.8) is 0 Å². The van der Waals surface area contributed by atoms with Crippen LogP contribution in [0.15, 0.2) is 42.5 Å². The lowest BCUT2D eigenvalue weighted by atomic mass is 9.78. The van der Waals surface area contributed by atoms with E-state index in [1.54, 1.807) is 0 Å². The predicted octanol–water partition coefficient (Wildman–Crippen LogP) is 3.21. The molecule has 2 aromatic carbocycles. The first kappa shape index (κ1) is 12.2. The van der Waals surface area contributed by atoms with Crippen LogP contribution in [0.2, 0.25) is 0 Å². The van der Waals surface area contributed by atoms with E-state index in [-0.39, 0.29) is 6.61 Å². The summed E-state index contributed by atoms with van der Waals surface area (Å²) in [6.07, 6.45) is 1.09. The molecule has 0 aliphatic heterocycles. The minimum Gasteiger partial charge on any atom is -0.492 e. The number of ether oxygens (including phenoxy) is 1. The molecule has 2 aromatic rings. The van der Waals surface area contributed by atoms with Crippen LogP contribution in [0, 0.1) is 6.92 Å². The molecule has 1 atom stereocenters. The van der Waals surface area contributed by atoms with Gasteiger partial charge in [0.1, 0.15) is 5.75 Å². The van der Waals surface area contributed by atoms with Gasteiger partial charge in [-0.1, -0.05) is 42.5 Å². The van der Waals surface area contributed by atoms with Crippen molar-refractivity contribution in [1.29, 1.82) is 0 Å². The van der Waals surface area contributed by atoms with Crippen LogP contribution in [0.25, 0.3) is 0 Å². The Labute approximate surface area is 113 Å². The van der Waals surface area contributed by atoms with E-state index in [4.69, 9.17) is 4.74 Å². The largest absolute Gasteiger partial charge is 0.492 e. The van der Waals surface area contributed by atoms with Crippen molar-refractivity contribution in [2.75, 3.05) is 6.61 Å². The predicted molar refractivity (Wildman–Crippen MR) is 75.5 cm³/mol. The molecule has 0 saturated carbocycles. The van der Waals surface area contributed by atoms with E-state index >= 15 is 0 Å². The summed E-state index contributed by atoms with van der Waals surface area (Å²) >= 11 is 0. The van der Waals surface area contributed by atoms with E-state index in [1.807, 2.05) is 25.1 Å². The standard InChI is InChI=1S/C17H18O2/c1-12-5-4-7-14(10-18)17(12)19-11-15-9-13-6-2-3-8-16(13)15/h2-8,15,18H,9-11H2,1H3. The molecular weight excluding hydrogens is 236 g/mol. The third-order valence-electron chi connectivity index (χ3n) is 3.85. The van der Waals surface area contributed by atoms with Crippen LogP contribution in [0.1, 0.15) is 28.2 Å². The first-order chi connectivity index (χ1) is 9.29. The van der Waals surface area contributed by atoms with E-state index in [0.717, 1.165) is 23.3 Å². The Bertz CT molecular complexity index is 590. The highest BCUT2D eigenvalue weighted by Crippen LogP contribution is 2.35. The van der Waals surface area contributed by atoms with Gasteiger partial charge in [-0.05, 0) is 30.0 Å². The lowest BCUT2D eigenvalue weighted by Gasteiger charge is -2.30. The number of aryl methyl sites for hydroxylation is 1. The smallest absolute Gasteiger partial charge is 0.127 e. The van der Waals surface area contributed by atoms with Crippen LogP contribution >= 0.6 is 0 Å². The van der Waals surface area contributed by atoms with E-state index < -0.39 is 0 Å². The average molecular weight is 254 g/mol. The maximum absolute atomic E-state index is 9.36. The van der Waals surface area contributed by atoms with Gasteiger partial charge in [0.25, 0.3) is 0 Å². The zero-order valence-corrected chi connectivity index (χ0v) is 11.1. The summed E-state index contributed by atoms with van der Waals surface area (Å²) in [6.45, 7) is 2.73. The minimum absolute atomic E-state index is 0.0261. The normalized spacial score (nSPS) is 16.6. The van der Waals surface area contributed by atoms with Gasteiger partial charge < -0.3 is 9.84 Å². The number of benzene rings is 2. The maximum atomic E-state index is 9.36. The molecule has 2 heteroatoms. The maximum Gasteiger partial charge on any atom is 0.127 e. The number of aliphatic hydroxyl groups excluding tert-OH is 1. The molecule has 0 radical (unpaired) electrons. The highest BCUT2D eigenvalue weighted by Gasteiger charge is 2.26. The molecule has 0 heterocycles. The lowest BCUT2D eigenvalue weighted by Crippen LogP contribution is -2.23. The van der Waals surface area contributed by atoms with Gasteiger partial charge in [-0.15, -0.1) is 0 Å². The van der Waals surface area contributed by atoms with Gasteiger partial charge in [0.2, 0.25) is 0 Å². The van der Waals surface area contributed by atoms with Gasteiger partial charge >= 0.3 is 0 Å². The fourth-order valence-electron chi connectivity index (χ4n) is 2.74. The van der Waals surface area contributed by atoms with Crippen molar-refractivity contribution in [2.45, 2.75) is 25.9 Å². The van der Waals surface area contributed by atoms with Crippen molar-refractivity contribution >= 4 is 0 Å². The van der Waals surface area contributed by atoms with Crippen LogP contribution in [0.4, 0.5) is 0 Å². The van der Waals surface area contributed by atoms with Gasteiger partial charge in [0.15, 0.2) is 0 Å². The second-order valence-electron chi connectivity index (χ2n) is 5.13. The number of aliphatic hydroxyl groups is 1. The summed E-state index contributed by atoms with van der Waals surface area (Å²) < 4.78 is 5.96. The Balaban J connectivity index is 1.72. The van der Waals surface area contributed by atoms with Crippen LogP contribution in [-0.4, -0.2) is 11.7 Å². The Morgan fingerprint density at radius 3 is 2.79 bits per heavy atom. The number of rotatable bonds is 4. The summed E-state index contributed by atoms with van der Waals surface area (Å²) in [7, 11) is 0. The molecule has 1 aliphatic rings. The van der Waals surface area contributed by atoms with Crippen molar-refractivity contribution in [3.8, 4) is 5.75 Å². The first-order valence-corrected chi connectivity index (χ1v) is 6.69. The molecule has 0 bridgehead atoms. The topological polar surface area (TPSA) is 29.5 Å². The Kier molecular flexibility index (Phi) is 3.26. The van der Waals surface area contributed by atoms with Gasteiger partial charge in [-0.25, -0.2) is 0 Å². The molecule has 98 valence electrons. The van der Waals surface area contributed by atoms with Crippen molar-refractivity contribution < 1.29 is 9.84 Å². The van der Waals surface area contributed by atoms with Gasteiger partial charge in [0, 0.05) is 11.5 Å². The SMILES string of the molecule is Cc1cccc(CO)c1OCC1Cc2ccccc21. The Morgan fingerprint density at radius 1 is 1.16 bits per heavy atom. The van der Waals surface area contributed by atoms with E-state index in [0.29, 0.717) is 12.5 Å². The first-order valence-electron chi connectivity index (χ1n) is 6.69. The number of hydrogen-bond donors (Lipinski definition) is 1. The van der Waals surface area contributed by atoms with E-state index in [2.05, 4.69) is 24.3 Å². The highest BCUT2D eigenvalue weighted by molar-refractivity contribution is 5.42. The van der Waals surface area contributed by atoms with Crippen LogP contribution in [-0.2, 0) is 13.0 Å². The summed E-state index contributed by atoms with van der Waals surface area (Å²) in [6, 6.07) is 14.4. The molecule has 1 aliphatic carbocycles. The molecule has 3 rings (SSSR count). The van der Waals surface area contributed by atoms with Crippen molar-refractivity contribution in [3.05, 3.63) is 64.7 Å². The third kappa shape index (κ3) is 2.24. The second kappa shape index (κ2) is 5.06. The van der Waals surface area contributed by atoms with E-state index in [1.165, 1.54) is 11.1 Å². The zero-order valence-electron chi connectivity index (χ0n) is 11.1. The molecule has 1 N–H and O–H groups in total. The molecule has 0 fully saturated rings. The fraction of sp³-hybridized carbons (Fsp3) is 0.294. The molecule has 19 heavy (non-hydrogen) atoms. The summed E-state index contributed by atoms with van der Waals surface area (Å²) in [4.78, 5) is 0. The Hall–Kier alpha value is -1.80. The number of fused-ring (bicyclic) bond motifs is 1. The molecule has 1 unspecified atom stereocenters. The van der Waals surface area contributed by atoms with Crippen molar-refractivity contribution in [2.24, 2.45) is 0 Å². The molecule has 0 aromatic heterocycles. The number of hydrogen-bond acceptors (Lipinski definition) is 2. The average Bonchev–Trinajstić information content (AvgIpc) is 2.41. The van der Waals surface area contributed by atoms with Gasteiger partial charge in [0.05, 0.1) is 13.2 Å². The summed E-state index contributed by atoms with van der Waals surface area (Å²) in [5.74, 6) is 1.33. The number of para-hydroxylation sites is 1. The Morgan fingerprint density at radius 2 is 2.00 bits per heavy atom. The fourth-order valence-corrected chi connectivity index (χ4v) is 2.74. The molecule has 2 nitrogen and oxygen atoms in total. The quantitative estimate of drug-likeness (QED) is 0.908. The summed E-state index contributed by atoms with van der Waals surface area (Å²) in [5.41, 5.74) is 4.79. The van der Waals surface area contributed by atoms with Crippen LogP contribution < -0.4 is 4.74 Å². The van der Waals surface area contributed by atoms with Gasteiger partial charge in [-0.3, -0.25) is 0 Å². The molecule has 0 saturated heterocycles.